The number of unbranched alkanes of at least 4 members (excludes halogenated alkanes) is 2. The molecule has 1 aromatic carbocycles. The molecule has 0 fully saturated rings. The lowest BCUT2D eigenvalue weighted by atomic mass is 10.1. The molecule has 2 aromatic rings. The Morgan fingerprint density at radius 1 is 1.25 bits per heavy atom. The van der Waals surface area contributed by atoms with Gasteiger partial charge in [-0.05, 0) is 57.5 Å². The third-order valence-electron chi connectivity index (χ3n) is 3.79. The van der Waals surface area contributed by atoms with E-state index in [1.807, 2.05) is 32.4 Å². The van der Waals surface area contributed by atoms with E-state index in [1.165, 1.54) is 0 Å². The molecule has 0 amide bonds. The first-order valence-electron chi connectivity index (χ1n) is 8.31. The van der Waals surface area contributed by atoms with Crippen molar-refractivity contribution < 1.29 is 19.4 Å². The molecule has 0 aliphatic heterocycles. The SMILES string of the molecule is CN(C)CCc1c[nH]c2cccc(OC(=O)OCCCCCO)c12. The van der Waals surface area contributed by atoms with Crippen LogP contribution < -0.4 is 4.74 Å². The number of rotatable bonds is 9. The van der Waals surface area contributed by atoms with Crippen LogP contribution in [0.15, 0.2) is 24.4 Å². The average molecular weight is 334 g/mol. The van der Waals surface area contributed by atoms with Gasteiger partial charge in [-0.15, -0.1) is 0 Å². The maximum atomic E-state index is 11.9. The number of benzene rings is 1. The number of nitrogens with zero attached hydrogens (tertiary/aromatic N) is 1. The zero-order valence-electron chi connectivity index (χ0n) is 14.4. The van der Waals surface area contributed by atoms with Gasteiger partial charge in [0.2, 0.25) is 0 Å². The van der Waals surface area contributed by atoms with Crippen LogP contribution in [0.1, 0.15) is 24.8 Å². The normalized spacial score (nSPS) is 11.2. The van der Waals surface area contributed by atoms with Crippen molar-refractivity contribution in [2.45, 2.75) is 25.7 Å². The van der Waals surface area contributed by atoms with Crippen LogP contribution >= 0.6 is 0 Å². The molecule has 0 saturated carbocycles. The van der Waals surface area contributed by atoms with Crippen molar-refractivity contribution in [1.82, 2.24) is 9.88 Å². The minimum Gasteiger partial charge on any atom is -0.434 e. The van der Waals surface area contributed by atoms with Crippen LogP contribution in [-0.4, -0.2) is 55.0 Å². The van der Waals surface area contributed by atoms with E-state index >= 15 is 0 Å². The number of nitrogens with one attached hydrogen (secondary N) is 1. The van der Waals surface area contributed by atoms with Crippen LogP contribution in [0, 0.1) is 0 Å². The number of carbonyl (C=O) groups is 1. The van der Waals surface area contributed by atoms with Gasteiger partial charge in [-0.3, -0.25) is 0 Å². The fraction of sp³-hybridized carbons (Fsp3) is 0.500. The molecular formula is C18H26N2O4. The Bertz CT molecular complexity index is 652. The van der Waals surface area contributed by atoms with Gasteiger partial charge in [-0.1, -0.05) is 6.07 Å². The number of aromatic nitrogens is 1. The molecule has 6 heteroatoms. The van der Waals surface area contributed by atoms with Crippen LogP contribution in [0.2, 0.25) is 0 Å². The maximum Gasteiger partial charge on any atom is 0.513 e. The highest BCUT2D eigenvalue weighted by molar-refractivity contribution is 5.90. The zero-order valence-corrected chi connectivity index (χ0v) is 14.4. The van der Waals surface area contributed by atoms with E-state index in [1.54, 1.807) is 6.07 Å². The van der Waals surface area contributed by atoms with Crippen molar-refractivity contribution in [3.05, 3.63) is 30.0 Å². The molecule has 2 N–H and O–H groups in total. The van der Waals surface area contributed by atoms with E-state index in [0.717, 1.165) is 48.7 Å². The van der Waals surface area contributed by atoms with Gasteiger partial charge in [0.25, 0.3) is 0 Å². The first-order valence-corrected chi connectivity index (χ1v) is 8.31. The quantitative estimate of drug-likeness (QED) is 0.419. The van der Waals surface area contributed by atoms with Crippen molar-refractivity contribution >= 4 is 17.1 Å². The molecule has 0 aliphatic carbocycles. The molecular weight excluding hydrogens is 308 g/mol. The van der Waals surface area contributed by atoms with Gasteiger partial charge in [0.05, 0.1) is 6.61 Å². The van der Waals surface area contributed by atoms with Crippen LogP contribution in [-0.2, 0) is 11.2 Å². The number of fused-ring (bicyclic) bond motifs is 1. The van der Waals surface area contributed by atoms with E-state index in [0.29, 0.717) is 12.4 Å². The summed E-state index contributed by atoms with van der Waals surface area (Å²) in [5, 5.41) is 9.64. The second-order valence-electron chi connectivity index (χ2n) is 6.03. The second kappa shape index (κ2) is 9.30. The van der Waals surface area contributed by atoms with Crippen molar-refractivity contribution in [3.8, 4) is 5.75 Å². The lowest BCUT2D eigenvalue weighted by Crippen LogP contribution is -2.15. The summed E-state index contributed by atoms with van der Waals surface area (Å²) < 4.78 is 10.5. The molecule has 1 aromatic heterocycles. The molecule has 6 nitrogen and oxygen atoms in total. The molecule has 0 saturated heterocycles. The topological polar surface area (TPSA) is 74.8 Å². The number of aliphatic hydroxyl groups is 1. The van der Waals surface area contributed by atoms with E-state index < -0.39 is 6.16 Å². The standard InChI is InChI=1S/C18H26N2O4/c1-20(2)10-9-14-13-19-15-7-6-8-16(17(14)15)24-18(22)23-12-5-3-4-11-21/h6-8,13,19,21H,3-5,9-12H2,1-2H3. The molecule has 0 spiro atoms. The number of hydrogen-bond acceptors (Lipinski definition) is 5. The van der Waals surface area contributed by atoms with E-state index in [2.05, 4.69) is 9.88 Å². The molecule has 0 bridgehead atoms. The highest BCUT2D eigenvalue weighted by atomic mass is 16.7. The highest BCUT2D eigenvalue weighted by Gasteiger charge is 2.13. The first-order chi connectivity index (χ1) is 11.6. The Labute approximate surface area is 142 Å². The predicted molar refractivity (Wildman–Crippen MR) is 93.5 cm³/mol. The second-order valence-corrected chi connectivity index (χ2v) is 6.03. The molecule has 0 unspecified atom stereocenters. The van der Waals surface area contributed by atoms with Crippen molar-refractivity contribution in [2.75, 3.05) is 33.9 Å². The van der Waals surface area contributed by atoms with E-state index in [4.69, 9.17) is 14.6 Å². The van der Waals surface area contributed by atoms with Crippen molar-refractivity contribution in [2.24, 2.45) is 0 Å². The molecule has 2 rings (SSSR count). The van der Waals surface area contributed by atoms with Gasteiger partial charge in [-0.2, -0.15) is 0 Å². The fourth-order valence-corrected chi connectivity index (χ4v) is 2.51. The number of aliphatic hydroxyl groups excluding tert-OH is 1. The fourth-order valence-electron chi connectivity index (χ4n) is 2.51. The number of aromatic amines is 1. The molecule has 0 radical (unpaired) electrons. The minimum absolute atomic E-state index is 0.162. The average Bonchev–Trinajstić information content (AvgIpc) is 2.97. The van der Waals surface area contributed by atoms with Gasteiger partial charge in [0.15, 0.2) is 0 Å². The van der Waals surface area contributed by atoms with Gasteiger partial charge < -0.3 is 24.5 Å². The predicted octanol–water partition coefficient (Wildman–Crippen LogP) is 2.95. The van der Waals surface area contributed by atoms with Crippen LogP contribution in [0.3, 0.4) is 0 Å². The number of H-pyrrole nitrogens is 1. The number of likely N-dealkylation sites (N-methyl/N-ethyl adjacent to an activating group) is 1. The summed E-state index contributed by atoms with van der Waals surface area (Å²) in [5.41, 5.74) is 2.06. The third kappa shape index (κ3) is 5.25. The Kier molecular flexibility index (Phi) is 7.08. The molecule has 0 atom stereocenters. The summed E-state index contributed by atoms with van der Waals surface area (Å²) in [6.07, 6.45) is 4.40. The Morgan fingerprint density at radius 2 is 2.08 bits per heavy atom. The molecule has 132 valence electrons. The summed E-state index contributed by atoms with van der Waals surface area (Å²) in [4.78, 5) is 17.2. The van der Waals surface area contributed by atoms with Crippen molar-refractivity contribution in [3.63, 3.8) is 0 Å². The molecule has 1 heterocycles. The van der Waals surface area contributed by atoms with Gasteiger partial charge >= 0.3 is 6.16 Å². The van der Waals surface area contributed by atoms with Crippen LogP contribution in [0.25, 0.3) is 10.9 Å². The van der Waals surface area contributed by atoms with Gasteiger partial charge in [-0.25, -0.2) is 4.79 Å². The highest BCUT2D eigenvalue weighted by Crippen LogP contribution is 2.29. The molecule has 0 aliphatic rings. The summed E-state index contributed by atoms with van der Waals surface area (Å²) in [6.45, 7) is 1.38. The van der Waals surface area contributed by atoms with E-state index in [-0.39, 0.29) is 6.61 Å². The first kappa shape index (κ1) is 18.3. The summed E-state index contributed by atoms with van der Waals surface area (Å²) in [7, 11) is 4.06. The Hall–Kier alpha value is -2.05. The monoisotopic (exact) mass is 334 g/mol. The largest absolute Gasteiger partial charge is 0.513 e. The summed E-state index contributed by atoms with van der Waals surface area (Å²) in [5.74, 6) is 0.517. The Morgan fingerprint density at radius 3 is 2.83 bits per heavy atom. The lowest BCUT2D eigenvalue weighted by molar-refractivity contribution is 0.0974. The summed E-state index contributed by atoms with van der Waals surface area (Å²) in [6, 6.07) is 5.59. The zero-order chi connectivity index (χ0) is 17.4. The lowest BCUT2D eigenvalue weighted by Gasteiger charge is -2.10. The minimum atomic E-state index is -0.689. The number of hydrogen-bond donors (Lipinski definition) is 2. The van der Waals surface area contributed by atoms with Gasteiger partial charge in [0, 0.05) is 30.3 Å². The van der Waals surface area contributed by atoms with Crippen LogP contribution in [0.4, 0.5) is 4.79 Å². The van der Waals surface area contributed by atoms with Crippen LogP contribution in [0.5, 0.6) is 5.75 Å². The molecule has 24 heavy (non-hydrogen) atoms. The summed E-state index contributed by atoms with van der Waals surface area (Å²) >= 11 is 0. The van der Waals surface area contributed by atoms with Gasteiger partial charge in [0.1, 0.15) is 5.75 Å². The maximum absolute atomic E-state index is 11.9. The smallest absolute Gasteiger partial charge is 0.434 e. The van der Waals surface area contributed by atoms with E-state index in [9.17, 15) is 4.79 Å². The number of ether oxygens (including phenoxy) is 2. The van der Waals surface area contributed by atoms with Crippen molar-refractivity contribution in [1.29, 1.82) is 0 Å². The third-order valence-corrected chi connectivity index (χ3v) is 3.79. The Balaban J connectivity index is 2.00. The number of carbonyl (C=O) groups excluding carboxylic acids is 1.